The molecule has 5 atom stereocenters. The van der Waals surface area contributed by atoms with Crippen LogP contribution in [0.15, 0.2) is 0 Å². The van der Waals surface area contributed by atoms with E-state index in [0.717, 1.165) is 0 Å². The monoisotopic (exact) mass is 489 g/mol. The smallest absolute Gasteiger partial charge is 0.326 e. The molecule has 34 heavy (non-hydrogen) atoms. The molecule has 0 spiro atoms. The number of primary amides is 1. The van der Waals surface area contributed by atoms with Crippen LogP contribution in [0.4, 0.5) is 0 Å². The number of carboxylic acid groups (broad SMARTS) is 3. The highest BCUT2D eigenvalue weighted by Crippen LogP contribution is 2.10. The van der Waals surface area contributed by atoms with Gasteiger partial charge in [-0.2, -0.15) is 0 Å². The maximum Gasteiger partial charge on any atom is 0.326 e. The SMILES string of the molecule is CCC(C)C(NC(=O)C(CCC(=O)O)NC(=O)C(CC(=O)O)NC(=O)C(N)CC(N)=O)C(=O)O. The molecule has 5 unspecified atom stereocenters. The van der Waals surface area contributed by atoms with Gasteiger partial charge in [-0.15, -0.1) is 0 Å². The van der Waals surface area contributed by atoms with Gasteiger partial charge in [0, 0.05) is 6.42 Å². The van der Waals surface area contributed by atoms with E-state index in [4.69, 9.17) is 21.7 Å². The Hall–Kier alpha value is -3.75. The number of carbonyl (C=O) groups excluding carboxylic acids is 4. The summed E-state index contributed by atoms with van der Waals surface area (Å²) in [6.07, 6.45) is -2.16. The van der Waals surface area contributed by atoms with Gasteiger partial charge >= 0.3 is 17.9 Å². The molecular weight excluding hydrogens is 458 g/mol. The zero-order valence-electron chi connectivity index (χ0n) is 18.8. The fourth-order valence-corrected chi connectivity index (χ4v) is 2.72. The minimum absolute atomic E-state index is 0.391. The molecule has 0 aromatic carbocycles. The molecule has 10 N–H and O–H groups in total. The van der Waals surface area contributed by atoms with Crippen molar-refractivity contribution in [3.63, 3.8) is 0 Å². The first kappa shape index (κ1) is 30.2. The van der Waals surface area contributed by atoms with Crippen molar-refractivity contribution in [1.29, 1.82) is 0 Å². The summed E-state index contributed by atoms with van der Waals surface area (Å²) < 4.78 is 0. The van der Waals surface area contributed by atoms with E-state index in [1.54, 1.807) is 13.8 Å². The topological polar surface area (TPSA) is 268 Å². The Morgan fingerprint density at radius 2 is 1.32 bits per heavy atom. The third kappa shape index (κ3) is 11.2. The molecule has 0 saturated heterocycles. The van der Waals surface area contributed by atoms with Crippen molar-refractivity contribution >= 4 is 41.5 Å². The highest BCUT2D eigenvalue weighted by atomic mass is 16.4. The molecule has 4 amide bonds. The van der Waals surface area contributed by atoms with Crippen LogP contribution in [0.1, 0.15) is 46.0 Å². The quantitative estimate of drug-likeness (QED) is 0.109. The molecule has 0 heterocycles. The van der Waals surface area contributed by atoms with Gasteiger partial charge in [0.15, 0.2) is 0 Å². The number of nitrogens with one attached hydrogen (secondary N) is 3. The molecule has 192 valence electrons. The second kappa shape index (κ2) is 14.4. The van der Waals surface area contributed by atoms with Crippen LogP contribution in [0.25, 0.3) is 0 Å². The second-order valence-corrected chi connectivity index (χ2v) is 7.64. The van der Waals surface area contributed by atoms with Gasteiger partial charge in [0.25, 0.3) is 0 Å². The van der Waals surface area contributed by atoms with Gasteiger partial charge in [0.1, 0.15) is 18.1 Å². The summed E-state index contributed by atoms with van der Waals surface area (Å²) in [5.41, 5.74) is 10.4. The third-order valence-electron chi connectivity index (χ3n) is 4.83. The van der Waals surface area contributed by atoms with Crippen LogP contribution in [0, 0.1) is 5.92 Å². The zero-order chi connectivity index (χ0) is 26.6. The van der Waals surface area contributed by atoms with E-state index in [2.05, 4.69) is 10.6 Å². The maximum absolute atomic E-state index is 12.7. The molecule has 0 fully saturated rings. The summed E-state index contributed by atoms with van der Waals surface area (Å²) in [6.45, 7) is 3.26. The molecule has 0 radical (unpaired) electrons. The average molecular weight is 489 g/mol. The first-order chi connectivity index (χ1) is 15.7. The van der Waals surface area contributed by atoms with E-state index in [1.807, 2.05) is 5.32 Å². The molecule has 0 aliphatic rings. The molecule has 15 nitrogen and oxygen atoms in total. The standard InChI is InChI=1S/C19H31N5O10/c1-3-8(2)15(19(33)34)24-17(31)10(4-5-13(26)27)22-18(32)11(7-14(28)29)23-16(30)9(20)6-12(21)25/h8-11,15H,3-7,20H2,1-2H3,(H2,21,25)(H,22,32)(H,23,30)(H,24,31)(H,26,27)(H,28,29)(H,33,34). The Labute approximate surface area is 194 Å². The van der Waals surface area contributed by atoms with Crippen LogP contribution in [-0.4, -0.2) is 81.0 Å². The van der Waals surface area contributed by atoms with Crippen LogP contribution < -0.4 is 27.4 Å². The molecule has 0 aliphatic heterocycles. The normalized spacial score (nSPS) is 15.0. The summed E-state index contributed by atoms with van der Waals surface area (Å²) in [7, 11) is 0. The zero-order valence-corrected chi connectivity index (χ0v) is 18.8. The Kier molecular flexibility index (Phi) is 12.8. The van der Waals surface area contributed by atoms with E-state index in [9.17, 15) is 38.7 Å². The number of rotatable bonds is 16. The summed E-state index contributed by atoms with van der Waals surface area (Å²) in [6, 6.07) is -6.10. The Balaban J connectivity index is 5.65. The lowest BCUT2D eigenvalue weighted by atomic mass is 9.98. The lowest BCUT2D eigenvalue weighted by Gasteiger charge is -2.26. The van der Waals surface area contributed by atoms with Crippen LogP contribution in [0.2, 0.25) is 0 Å². The molecule has 0 aliphatic carbocycles. The predicted octanol–water partition coefficient (Wildman–Crippen LogP) is -2.89. The van der Waals surface area contributed by atoms with Gasteiger partial charge in [0.2, 0.25) is 23.6 Å². The van der Waals surface area contributed by atoms with Crippen molar-refractivity contribution < 1.29 is 48.9 Å². The first-order valence-electron chi connectivity index (χ1n) is 10.3. The van der Waals surface area contributed by atoms with Gasteiger partial charge in [-0.25, -0.2) is 4.79 Å². The fraction of sp³-hybridized carbons (Fsp3) is 0.632. The van der Waals surface area contributed by atoms with Gasteiger partial charge < -0.3 is 42.7 Å². The number of hydrogen-bond acceptors (Lipinski definition) is 8. The van der Waals surface area contributed by atoms with E-state index in [1.165, 1.54) is 0 Å². The summed E-state index contributed by atoms with van der Waals surface area (Å²) in [4.78, 5) is 81.9. The van der Waals surface area contributed by atoms with E-state index >= 15 is 0 Å². The molecule has 15 heteroatoms. The number of aliphatic carboxylic acids is 3. The largest absolute Gasteiger partial charge is 0.481 e. The average Bonchev–Trinajstić information content (AvgIpc) is 2.72. The van der Waals surface area contributed by atoms with Crippen molar-refractivity contribution in [2.24, 2.45) is 17.4 Å². The third-order valence-corrected chi connectivity index (χ3v) is 4.83. The van der Waals surface area contributed by atoms with Gasteiger partial charge in [-0.1, -0.05) is 20.3 Å². The minimum atomic E-state index is -1.74. The van der Waals surface area contributed by atoms with E-state index < -0.39 is 97.3 Å². The highest BCUT2D eigenvalue weighted by Gasteiger charge is 2.33. The van der Waals surface area contributed by atoms with Crippen LogP contribution in [0.5, 0.6) is 0 Å². The maximum atomic E-state index is 12.7. The Morgan fingerprint density at radius 3 is 1.76 bits per heavy atom. The second-order valence-electron chi connectivity index (χ2n) is 7.64. The fourth-order valence-electron chi connectivity index (χ4n) is 2.72. The van der Waals surface area contributed by atoms with Crippen LogP contribution >= 0.6 is 0 Å². The van der Waals surface area contributed by atoms with Crippen LogP contribution in [-0.2, 0) is 33.6 Å². The van der Waals surface area contributed by atoms with Crippen molar-refractivity contribution in [2.75, 3.05) is 0 Å². The summed E-state index contributed by atoms with van der Waals surface area (Å²) >= 11 is 0. The number of nitrogens with two attached hydrogens (primary N) is 2. The van der Waals surface area contributed by atoms with Gasteiger partial charge in [0.05, 0.1) is 18.9 Å². The minimum Gasteiger partial charge on any atom is -0.481 e. The van der Waals surface area contributed by atoms with Crippen molar-refractivity contribution in [3.8, 4) is 0 Å². The van der Waals surface area contributed by atoms with Gasteiger partial charge in [-0.3, -0.25) is 28.8 Å². The molecule has 0 bridgehead atoms. The Bertz CT molecular complexity index is 802. The highest BCUT2D eigenvalue weighted by molar-refractivity contribution is 5.96. The van der Waals surface area contributed by atoms with Crippen molar-refractivity contribution in [2.45, 2.75) is 70.1 Å². The van der Waals surface area contributed by atoms with Crippen molar-refractivity contribution in [1.82, 2.24) is 16.0 Å². The Morgan fingerprint density at radius 1 is 0.794 bits per heavy atom. The van der Waals surface area contributed by atoms with Crippen LogP contribution in [0.3, 0.4) is 0 Å². The number of hydrogen-bond donors (Lipinski definition) is 8. The van der Waals surface area contributed by atoms with E-state index in [0.29, 0.717) is 6.42 Å². The summed E-state index contributed by atoms with van der Waals surface area (Å²) in [5, 5.41) is 33.8. The predicted molar refractivity (Wildman–Crippen MR) is 114 cm³/mol. The van der Waals surface area contributed by atoms with E-state index in [-0.39, 0.29) is 0 Å². The lowest BCUT2D eigenvalue weighted by molar-refractivity contribution is -0.144. The molecular formula is C19H31N5O10. The lowest BCUT2D eigenvalue weighted by Crippen LogP contribution is -2.58. The number of amides is 4. The summed E-state index contributed by atoms with van der Waals surface area (Å²) in [5.74, 6) is -8.80. The number of carboxylic acids is 3. The molecule has 0 saturated carbocycles. The molecule has 0 rings (SSSR count). The van der Waals surface area contributed by atoms with Crippen molar-refractivity contribution in [3.05, 3.63) is 0 Å². The molecule has 0 aromatic rings. The number of carbonyl (C=O) groups is 7. The molecule has 0 aromatic heterocycles. The van der Waals surface area contributed by atoms with Gasteiger partial charge in [-0.05, 0) is 12.3 Å². The first-order valence-corrected chi connectivity index (χ1v) is 10.3.